The highest BCUT2D eigenvalue weighted by atomic mass is 16.5. The normalized spacial score (nSPS) is 15.9. The molecule has 0 spiro atoms. The van der Waals surface area contributed by atoms with Gasteiger partial charge in [0.1, 0.15) is 0 Å². The standard InChI is InChI=1S/C20H23NO3/c1-5-24-19(23)14-6-8-15(9-7-14)21-13(2)10-16-17(21)11-20(3,4)12-18(16)22/h6-10H,5,11-12H2,1-4H3. The van der Waals surface area contributed by atoms with Gasteiger partial charge in [-0.3, -0.25) is 4.79 Å². The Balaban J connectivity index is 2.02. The van der Waals surface area contributed by atoms with Crippen molar-refractivity contribution in [3.05, 3.63) is 52.8 Å². The molecule has 0 radical (unpaired) electrons. The molecule has 1 aromatic heterocycles. The second kappa shape index (κ2) is 5.93. The van der Waals surface area contributed by atoms with Crippen molar-refractivity contribution >= 4 is 11.8 Å². The number of aromatic nitrogens is 1. The summed E-state index contributed by atoms with van der Waals surface area (Å²) in [6.45, 7) is 8.43. The van der Waals surface area contributed by atoms with Gasteiger partial charge in [0.2, 0.25) is 0 Å². The molecule has 4 nitrogen and oxygen atoms in total. The molecule has 24 heavy (non-hydrogen) atoms. The molecule has 2 aromatic rings. The summed E-state index contributed by atoms with van der Waals surface area (Å²) in [4.78, 5) is 24.2. The molecule has 0 amide bonds. The largest absolute Gasteiger partial charge is 0.462 e. The maximum absolute atomic E-state index is 12.4. The maximum atomic E-state index is 12.4. The number of nitrogens with zero attached hydrogens (tertiary/aromatic N) is 1. The number of rotatable bonds is 3. The Labute approximate surface area is 142 Å². The highest BCUT2D eigenvalue weighted by Gasteiger charge is 2.34. The van der Waals surface area contributed by atoms with E-state index in [1.807, 2.05) is 25.1 Å². The first-order chi connectivity index (χ1) is 11.3. The van der Waals surface area contributed by atoms with Crippen molar-refractivity contribution in [2.75, 3.05) is 6.61 Å². The lowest BCUT2D eigenvalue weighted by atomic mass is 9.76. The molecule has 4 heteroatoms. The minimum Gasteiger partial charge on any atom is -0.462 e. The Morgan fingerprint density at radius 2 is 1.88 bits per heavy atom. The Hall–Kier alpha value is -2.36. The van der Waals surface area contributed by atoms with Gasteiger partial charge in [0.05, 0.1) is 12.2 Å². The van der Waals surface area contributed by atoms with Crippen LogP contribution < -0.4 is 0 Å². The van der Waals surface area contributed by atoms with Gasteiger partial charge in [0.15, 0.2) is 5.78 Å². The minimum absolute atomic E-state index is 0.0303. The lowest BCUT2D eigenvalue weighted by Gasteiger charge is -2.29. The van der Waals surface area contributed by atoms with E-state index in [4.69, 9.17) is 4.74 Å². The number of Topliss-reactive ketones (excluding diaryl/α,β-unsaturated/α-hetero) is 1. The third-order valence-electron chi connectivity index (χ3n) is 4.51. The first-order valence-corrected chi connectivity index (χ1v) is 8.34. The van der Waals surface area contributed by atoms with Crippen LogP contribution in [-0.2, 0) is 11.2 Å². The fourth-order valence-electron chi connectivity index (χ4n) is 3.47. The van der Waals surface area contributed by atoms with E-state index in [1.54, 1.807) is 19.1 Å². The van der Waals surface area contributed by atoms with Gasteiger partial charge in [0, 0.05) is 29.1 Å². The van der Waals surface area contributed by atoms with Crippen LogP contribution in [0.5, 0.6) is 0 Å². The summed E-state index contributed by atoms with van der Waals surface area (Å²) in [7, 11) is 0. The Morgan fingerprint density at radius 1 is 1.21 bits per heavy atom. The lowest BCUT2D eigenvalue weighted by molar-refractivity contribution is 0.0526. The number of benzene rings is 1. The first kappa shape index (κ1) is 16.5. The van der Waals surface area contributed by atoms with Crippen molar-refractivity contribution < 1.29 is 14.3 Å². The summed E-state index contributed by atoms with van der Waals surface area (Å²) in [5.74, 6) is -0.0992. The number of carbonyl (C=O) groups is 2. The monoisotopic (exact) mass is 325 g/mol. The van der Waals surface area contributed by atoms with Crippen LogP contribution >= 0.6 is 0 Å². The van der Waals surface area contributed by atoms with Crippen molar-refractivity contribution in [1.82, 2.24) is 4.57 Å². The van der Waals surface area contributed by atoms with Crippen molar-refractivity contribution in [1.29, 1.82) is 0 Å². The Kier molecular flexibility index (Phi) is 4.08. The number of carbonyl (C=O) groups excluding carboxylic acids is 2. The number of hydrogen-bond acceptors (Lipinski definition) is 3. The quantitative estimate of drug-likeness (QED) is 0.798. The van der Waals surface area contributed by atoms with Crippen LogP contribution in [0, 0.1) is 12.3 Å². The predicted molar refractivity (Wildman–Crippen MR) is 92.9 cm³/mol. The molecule has 0 saturated heterocycles. The molecule has 3 rings (SSSR count). The second-order valence-electron chi connectivity index (χ2n) is 7.19. The molecule has 1 aromatic carbocycles. The van der Waals surface area contributed by atoms with Gasteiger partial charge in [-0.15, -0.1) is 0 Å². The average Bonchev–Trinajstić information content (AvgIpc) is 2.83. The highest BCUT2D eigenvalue weighted by molar-refractivity contribution is 5.99. The summed E-state index contributed by atoms with van der Waals surface area (Å²) in [6.07, 6.45) is 1.45. The number of ether oxygens (including phenoxy) is 1. The zero-order chi connectivity index (χ0) is 17.5. The molecule has 0 saturated carbocycles. The number of hydrogen-bond donors (Lipinski definition) is 0. The van der Waals surface area contributed by atoms with E-state index in [-0.39, 0.29) is 17.2 Å². The molecule has 0 N–H and O–H groups in total. The van der Waals surface area contributed by atoms with Crippen LogP contribution in [0.3, 0.4) is 0 Å². The fourth-order valence-corrected chi connectivity index (χ4v) is 3.47. The molecule has 1 heterocycles. The highest BCUT2D eigenvalue weighted by Crippen LogP contribution is 2.37. The molecule has 126 valence electrons. The molecule has 1 aliphatic carbocycles. The molecule has 0 atom stereocenters. The van der Waals surface area contributed by atoms with Crippen LogP contribution in [0.15, 0.2) is 30.3 Å². The number of esters is 1. The molecule has 0 aliphatic heterocycles. The van der Waals surface area contributed by atoms with Crippen molar-refractivity contribution in [2.24, 2.45) is 5.41 Å². The van der Waals surface area contributed by atoms with Gasteiger partial charge in [-0.05, 0) is 56.0 Å². The first-order valence-electron chi connectivity index (χ1n) is 8.34. The fraction of sp³-hybridized carbons (Fsp3) is 0.400. The minimum atomic E-state index is -0.313. The number of aryl methyl sites for hydroxylation is 1. The van der Waals surface area contributed by atoms with E-state index in [1.165, 1.54) is 0 Å². The Morgan fingerprint density at radius 3 is 2.50 bits per heavy atom. The summed E-state index contributed by atoms with van der Waals surface area (Å²) in [6, 6.07) is 9.34. The second-order valence-corrected chi connectivity index (χ2v) is 7.19. The summed E-state index contributed by atoms with van der Waals surface area (Å²) < 4.78 is 7.15. The van der Waals surface area contributed by atoms with Crippen molar-refractivity contribution in [3.63, 3.8) is 0 Å². The summed E-state index contributed by atoms with van der Waals surface area (Å²) in [5, 5.41) is 0. The molecular formula is C20H23NO3. The van der Waals surface area contributed by atoms with Crippen LogP contribution in [-0.4, -0.2) is 22.9 Å². The zero-order valence-corrected chi connectivity index (χ0v) is 14.7. The van der Waals surface area contributed by atoms with E-state index in [0.717, 1.165) is 29.1 Å². The smallest absolute Gasteiger partial charge is 0.338 e. The van der Waals surface area contributed by atoms with Crippen LogP contribution in [0.25, 0.3) is 5.69 Å². The molecule has 1 aliphatic rings. The molecule has 0 fully saturated rings. The third kappa shape index (κ3) is 2.88. The van der Waals surface area contributed by atoms with E-state index in [2.05, 4.69) is 18.4 Å². The van der Waals surface area contributed by atoms with Gasteiger partial charge in [0.25, 0.3) is 0 Å². The SMILES string of the molecule is CCOC(=O)c1ccc(-n2c(C)cc3c2CC(C)(C)CC3=O)cc1. The van der Waals surface area contributed by atoms with E-state index in [9.17, 15) is 9.59 Å². The third-order valence-corrected chi connectivity index (χ3v) is 4.51. The van der Waals surface area contributed by atoms with Crippen LogP contribution in [0.2, 0.25) is 0 Å². The predicted octanol–water partition coefficient (Wildman–Crippen LogP) is 4.12. The van der Waals surface area contributed by atoms with E-state index < -0.39 is 0 Å². The average molecular weight is 325 g/mol. The van der Waals surface area contributed by atoms with Crippen molar-refractivity contribution in [2.45, 2.75) is 40.5 Å². The van der Waals surface area contributed by atoms with Gasteiger partial charge in [-0.1, -0.05) is 13.8 Å². The van der Waals surface area contributed by atoms with Gasteiger partial charge in [-0.25, -0.2) is 4.79 Å². The van der Waals surface area contributed by atoms with Gasteiger partial charge in [-0.2, -0.15) is 0 Å². The van der Waals surface area contributed by atoms with E-state index in [0.29, 0.717) is 18.6 Å². The van der Waals surface area contributed by atoms with Crippen molar-refractivity contribution in [3.8, 4) is 5.69 Å². The van der Waals surface area contributed by atoms with Gasteiger partial charge < -0.3 is 9.30 Å². The zero-order valence-electron chi connectivity index (χ0n) is 14.7. The Bertz CT molecular complexity index is 797. The van der Waals surface area contributed by atoms with Gasteiger partial charge >= 0.3 is 5.97 Å². The lowest BCUT2D eigenvalue weighted by Crippen LogP contribution is -2.27. The van der Waals surface area contributed by atoms with E-state index >= 15 is 0 Å². The van der Waals surface area contributed by atoms with Crippen LogP contribution in [0.4, 0.5) is 0 Å². The summed E-state index contributed by atoms with van der Waals surface area (Å²) >= 11 is 0. The molecular weight excluding hydrogens is 302 g/mol. The number of fused-ring (bicyclic) bond motifs is 1. The summed E-state index contributed by atoms with van der Waals surface area (Å²) in [5.41, 5.74) is 4.41. The molecule has 0 bridgehead atoms. The van der Waals surface area contributed by atoms with Crippen LogP contribution in [0.1, 0.15) is 59.3 Å². The maximum Gasteiger partial charge on any atom is 0.338 e. The number of ketones is 1. The topological polar surface area (TPSA) is 48.3 Å². The molecule has 0 unspecified atom stereocenters.